The Morgan fingerprint density at radius 1 is 1.00 bits per heavy atom. The normalized spacial score (nSPS) is 11.9. The molecule has 0 heterocycles. The molecule has 0 aliphatic heterocycles. The van der Waals surface area contributed by atoms with Gasteiger partial charge in [0.2, 0.25) is 21.8 Å². The van der Waals surface area contributed by atoms with Crippen LogP contribution in [0, 0.1) is 6.92 Å². The molecule has 0 fully saturated rings. The highest BCUT2D eigenvalue weighted by molar-refractivity contribution is 7.92. The van der Waals surface area contributed by atoms with E-state index in [1.807, 2.05) is 61.5 Å². The fourth-order valence-corrected chi connectivity index (χ4v) is 5.32. The summed E-state index contributed by atoms with van der Waals surface area (Å²) < 4.78 is 32.2. The van der Waals surface area contributed by atoms with Crippen LogP contribution in [-0.4, -0.2) is 57.6 Å². The fraction of sp³-hybridized carbons (Fsp3) is 0.310. The lowest BCUT2D eigenvalue weighted by atomic mass is 10.0. The Kier molecular flexibility index (Phi) is 10.4. The molecule has 10 heteroatoms. The zero-order valence-corrected chi connectivity index (χ0v) is 24.1. The molecule has 208 valence electrons. The third-order valence-electron chi connectivity index (χ3n) is 6.15. The van der Waals surface area contributed by atoms with Crippen LogP contribution in [-0.2, 0) is 32.6 Å². The van der Waals surface area contributed by atoms with Crippen molar-refractivity contribution in [1.82, 2.24) is 10.2 Å². The molecular formula is C29H34ClN3O5S. The minimum Gasteiger partial charge on any atom is -0.495 e. The van der Waals surface area contributed by atoms with E-state index in [9.17, 15) is 18.0 Å². The summed E-state index contributed by atoms with van der Waals surface area (Å²) in [6.45, 7) is 3.69. The van der Waals surface area contributed by atoms with E-state index in [-0.39, 0.29) is 35.3 Å². The summed E-state index contributed by atoms with van der Waals surface area (Å²) in [5.41, 5.74) is 2.82. The molecule has 0 aliphatic rings. The number of anilines is 1. The number of hydrogen-bond donors (Lipinski definition) is 1. The summed E-state index contributed by atoms with van der Waals surface area (Å²) in [7, 11) is -2.54. The predicted molar refractivity (Wildman–Crippen MR) is 155 cm³/mol. The zero-order valence-electron chi connectivity index (χ0n) is 22.6. The molecule has 0 aliphatic carbocycles. The second kappa shape index (κ2) is 13.5. The number of nitrogens with one attached hydrogen (secondary N) is 1. The minimum atomic E-state index is -3.94. The van der Waals surface area contributed by atoms with Crippen molar-refractivity contribution in [2.24, 2.45) is 0 Å². The number of carbonyl (C=O) groups excluding carboxylic acids is 2. The molecule has 8 nitrogen and oxygen atoms in total. The minimum absolute atomic E-state index is 0.111. The van der Waals surface area contributed by atoms with E-state index in [2.05, 4.69) is 5.32 Å². The van der Waals surface area contributed by atoms with Crippen molar-refractivity contribution in [2.45, 2.75) is 32.9 Å². The highest BCUT2D eigenvalue weighted by atomic mass is 35.5. The van der Waals surface area contributed by atoms with E-state index >= 15 is 0 Å². The van der Waals surface area contributed by atoms with Crippen LogP contribution in [0.15, 0.2) is 72.8 Å². The lowest BCUT2D eigenvalue weighted by Crippen LogP contribution is -2.53. The second-order valence-corrected chi connectivity index (χ2v) is 11.5. The maximum absolute atomic E-state index is 14.1. The first-order chi connectivity index (χ1) is 18.5. The molecule has 1 atom stereocenters. The third-order valence-corrected chi connectivity index (χ3v) is 7.51. The molecule has 3 aromatic rings. The standard InChI is InChI=1S/C29H34ClN3O5S/c1-5-31-29(35)26(17-22-11-7-6-8-12-22)32(19-23-13-9-10-21(2)16-23)28(34)20-33(39(4,36)37)25-18-24(30)14-15-27(25)38-3/h6-16,18,26H,5,17,19-20H2,1-4H3,(H,31,35)/t26-/m1/s1. The number of halogens is 1. The molecule has 0 saturated carbocycles. The number of ether oxygens (including phenoxy) is 1. The van der Waals surface area contributed by atoms with Gasteiger partial charge in [0, 0.05) is 24.5 Å². The molecule has 0 radical (unpaired) electrons. The van der Waals surface area contributed by atoms with E-state index < -0.39 is 28.5 Å². The van der Waals surface area contributed by atoms with Crippen molar-refractivity contribution in [3.63, 3.8) is 0 Å². The van der Waals surface area contributed by atoms with Crippen molar-refractivity contribution >= 4 is 39.1 Å². The first-order valence-electron chi connectivity index (χ1n) is 12.5. The van der Waals surface area contributed by atoms with Crippen LogP contribution in [0.25, 0.3) is 0 Å². The van der Waals surface area contributed by atoms with Crippen LogP contribution in [0.1, 0.15) is 23.6 Å². The Morgan fingerprint density at radius 2 is 1.69 bits per heavy atom. The molecule has 0 aromatic heterocycles. The van der Waals surface area contributed by atoms with Gasteiger partial charge in [-0.25, -0.2) is 8.42 Å². The van der Waals surface area contributed by atoms with Crippen LogP contribution in [0.2, 0.25) is 5.02 Å². The number of sulfonamides is 1. The van der Waals surface area contributed by atoms with Gasteiger partial charge < -0.3 is 15.0 Å². The second-order valence-electron chi connectivity index (χ2n) is 9.20. The van der Waals surface area contributed by atoms with Crippen molar-refractivity contribution in [1.29, 1.82) is 0 Å². The van der Waals surface area contributed by atoms with Gasteiger partial charge in [-0.1, -0.05) is 71.8 Å². The summed E-state index contributed by atoms with van der Waals surface area (Å²) in [6.07, 6.45) is 1.26. The number of aryl methyl sites for hydroxylation is 1. The van der Waals surface area contributed by atoms with Crippen molar-refractivity contribution < 1.29 is 22.7 Å². The molecule has 39 heavy (non-hydrogen) atoms. The average Bonchev–Trinajstić information content (AvgIpc) is 2.89. The van der Waals surface area contributed by atoms with Crippen molar-refractivity contribution in [2.75, 3.05) is 30.8 Å². The van der Waals surface area contributed by atoms with Crippen molar-refractivity contribution in [3.8, 4) is 5.75 Å². The summed E-state index contributed by atoms with van der Waals surface area (Å²) in [4.78, 5) is 28.9. The first kappa shape index (κ1) is 30.0. The van der Waals surface area contributed by atoms with E-state index in [0.717, 1.165) is 27.3 Å². The number of carbonyl (C=O) groups is 2. The molecule has 3 rings (SSSR count). The van der Waals surface area contributed by atoms with Gasteiger partial charge in [0.15, 0.2) is 0 Å². The number of benzene rings is 3. The molecule has 0 unspecified atom stereocenters. The van der Waals surface area contributed by atoms with Crippen LogP contribution >= 0.6 is 11.6 Å². The van der Waals surface area contributed by atoms with E-state index in [1.54, 1.807) is 13.0 Å². The summed E-state index contributed by atoms with van der Waals surface area (Å²) in [5, 5.41) is 3.12. The largest absolute Gasteiger partial charge is 0.495 e. The first-order valence-corrected chi connectivity index (χ1v) is 14.7. The molecule has 0 saturated heterocycles. The highest BCUT2D eigenvalue weighted by Crippen LogP contribution is 2.33. The molecule has 2 amide bonds. The molecule has 1 N–H and O–H groups in total. The molecule has 0 spiro atoms. The number of nitrogens with zero attached hydrogens (tertiary/aromatic N) is 2. The molecule has 3 aromatic carbocycles. The monoisotopic (exact) mass is 571 g/mol. The number of rotatable bonds is 12. The van der Waals surface area contributed by atoms with E-state index in [0.29, 0.717) is 6.54 Å². The van der Waals surface area contributed by atoms with Crippen molar-refractivity contribution in [3.05, 3.63) is 94.5 Å². The summed E-state index contributed by atoms with van der Waals surface area (Å²) in [6, 6.07) is 20.7. The van der Waals surface area contributed by atoms with E-state index in [1.165, 1.54) is 24.1 Å². The average molecular weight is 572 g/mol. The van der Waals surface area contributed by atoms with Gasteiger partial charge in [-0.05, 0) is 43.2 Å². The smallest absolute Gasteiger partial charge is 0.244 e. The van der Waals surface area contributed by atoms with Gasteiger partial charge in [0.05, 0.1) is 19.1 Å². The topological polar surface area (TPSA) is 96.0 Å². The summed E-state index contributed by atoms with van der Waals surface area (Å²) >= 11 is 6.18. The van der Waals surface area contributed by atoms with Gasteiger partial charge in [-0.3, -0.25) is 13.9 Å². The van der Waals surface area contributed by atoms with Crippen LogP contribution in [0.3, 0.4) is 0 Å². The highest BCUT2D eigenvalue weighted by Gasteiger charge is 2.33. The molecule has 0 bridgehead atoms. The number of likely N-dealkylation sites (N-methyl/N-ethyl adjacent to an activating group) is 1. The Balaban J connectivity index is 2.08. The number of amides is 2. The Morgan fingerprint density at radius 3 is 2.31 bits per heavy atom. The quantitative estimate of drug-likeness (QED) is 0.351. The van der Waals surface area contributed by atoms with Crippen LogP contribution in [0.4, 0.5) is 5.69 Å². The predicted octanol–water partition coefficient (Wildman–Crippen LogP) is 4.20. The lowest BCUT2D eigenvalue weighted by molar-refractivity contribution is -0.140. The summed E-state index contributed by atoms with van der Waals surface area (Å²) in [5.74, 6) is -0.628. The van der Waals surface area contributed by atoms with Gasteiger partial charge in [-0.15, -0.1) is 0 Å². The lowest BCUT2D eigenvalue weighted by Gasteiger charge is -2.33. The Bertz CT molecular complexity index is 1400. The van der Waals surface area contributed by atoms with Gasteiger partial charge >= 0.3 is 0 Å². The van der Waals surface area contributed by atoms with Crippen LogP contribution in [0.5, 0.6) is 5.75 Å². The van der Waals surface area contributed by atoms with Gasteiger partial charge in [-0.2, -0.15) is 0 Å². The van der Waals surface area contributed by atoms with E-state index in [4.69, 9.17) is 16.3 Å². The molecular weight excluding hydrogens is 538 g/mol. The maximum Gasteiger partial charge on any atom is 0.244 e. The number of methoxy groups -OCH3 is 1. The van der Waals surface area contributed by atoms with Gasteiger partial charge in [0.25, 0.3) is 0 Å². The third kappa shape index (κ3) is 8.21. The zero-order chi connectivity index (χ0) is 28.6. The number of hydrogen-bond acceptors (Lipinski definition) is 5. The SMILES string of the molecule is CCNC(=O)[C@@H](Cc1ccccc1)N(Cc1cccc(C)c1)C(=O)CN(c1cc(Cl)ccc1OC)S(C)(=O)=O. The Labute approximate surface area is 235 Å². The fourth-order valence-electron chi connectivity index (χ4n) is 4.31. The maximum atomic E-state index is 14.1. The van der Waals surface area contributed by atoms with Crippen LogP contribution < -0.4 is 14.4 Å². The Hall–Kier alpha value is -3.56. The van der Waals surface area contributed by atoms with Gasteiger partial charge in [0.1, 0.15) is 18.3 Å².